The Morgan fingerprint density at radius 2 is 2.00 bits per heavy atom. The molecule has 4 rings (SSSR count). The van der Waals surface area contributed by atoms with Crippen LogP contribution in [0.25, 0.3) is 11.1 Å². The van der Waals surface area contributed by atoms with E-state index in [0.717, 1.165) is 52.1 Å². The molecule has 7 nitrogen and oxygen atoms in total. The molecule has 2 fully saturated rings. The van der Waals surface area contributed by atoms with Crippen LogP contribution in [0.1, 0.15) is 19.3 Å². The van der Waals surface area contributed by atoms with E-state index in [1.165, 1.54) is 4.57 Å². The summed E-state index contributed by atoms with van der Waals surface area (Å²) in [6, 6.07) is 7.33. The SMILES string of the molecule is O=C(Cn1c(=O)oc2ccccc21)NC1CCN(CC2CCOC2)CC1. The number of aromatic nitrogens is 1. The molecular formula is C19H25N3O4. The average Bonchev–Trinajstić information content (AvgIpc) is 3.25. The Morgan fingerprint density at radius 1 is 1.19 bits per heavy atom. The number of oxazole rings is 1. The first-order chi connectivity index (χ1) is 12.7. The van der Waals surface area contributed by atoms with E-state index >= 15 is 0 Å². The van der Waals surface area contributed by atoms with Crippen molar-refractivity contribution >= 4 is 17.0 Å². The number of nitrogens with one attached hydrogen (secondary N) is 1. The second-order valence-electron chi connectivity index (χ2n) is 7.29. The number of amides is 1. The molecular weight excluding hydrogens is 334 g/mol. The van der Waals surface area contributed by atoms with Crippen LogP contribution in [0, 0.1) is 5.92 Å². The first kappa shape index (κ1) is 17.3. The maximum Gasteiger partial charge on any atom is 0.420 e. The number of fused-ring (bicyclic) bond motifs is 1. The topological polar surface area (TPSA) is 76.7 Å². The molecule has 1 aromatic heterocycles. The Balaban J connectivity index is 1.29. The van der Waals surface area contributed by atoms with Gasteiger partial charge in [-0.1, -0.05) is 12.1 Å². The van der Waals surface area contributed by atoms with Crippen LogP contribution >= 0.6 is 0 Å². The van der Waals surface area contributed by atoms with Crippen molar-refractivity contribution < 1.29 is 13.9 Å². The number of hydrogen-bond acceptors (Lipinski definition) is 5. The summed E-state index contributed by atoms with van der Waals surface area (Å²) in [4.78, 5) is 26.8. The van der Waals surface area contributed by atoms with Crippen LogP contribution in [0.4, 0.5) is 0 Å². The molecule has 0 aliphatic carbocycles. The smallest absolute Gasteiger partial charge is 0.408 e. The summed E-state index contributed by atoms with van der Waals surface area (Å²) in [6.07, 6.45) is 3.05. The van der Waals surface area contributed by atoms with E-state index in [0.29, 0.717) is 17.0 Å². The van der Waals surface area contributed by atoms with Gasteiger partial charge in [-0.25, -0.2) is 4.79 Å². The van der Waals surface area contributed by atoms with Crippen LogP contribution in [-0.4, -0.2) is 54.3 Å². The minimum atomic E-state index is -0.491. The standard InChI is InChI=1S/C19H25N3O4/c23-18(12-22-16-3-1-2-4-17(16)26-19(22)24)20-15-5-8-21(9-6-15)11-14-7-10-25-13-14/h1-4,14-15H,5-13H2,(H,20,23). The van der Waals surface area contributed by atoms with E-state index < -0.39 is 5.76 Å². The molecule has 2 aromatic rings. The third kappa shape index (κ3) is 3.83. The lowest BCUT2D eigenvalue weighted by molar-refractivity contribution is -0.122. The molecule has 0 bridgehead atoms. The molecule has 1 N–H and O–H groups in total. The molecule has 0 saturated carbocycles. The average molecular weight is 359 g/mol. The number of hydrogen-bond donors (Lipinski definition) is 1. The number of benzene rings is 1. The van der Waals surface area contributed by atoms with Gasteiger partial charge in [-0.3, -0.25) is 9.36 Å². The normalized spacial score (nSPS) is 22.1. The van der Waals surface area contributed by atoms with E-state index in [2.05, 4.69) is 10.2 Å². The highest BCUT2D eigenvalue weighted by Crippen LogP contribution is 2.18. The summed E-state index contributed by atoms with van der Waals surface area (Å²) in [5.41, 5.74) is 1.16. The molecule has 140 valence electrons. The number of para-hydroxylation sites is 2. The van der Waals surface area contributed by atoms with Crippen molar-refractivity contribution in [3.63, 3.8) is 0 Å². The van der Waals surface area contributed by atoms with Crippen molar-refractivity contribution in [2.45, 2.75) is 31.8 Å². The van der Waals surface area contributed by atoms with E-state index in [1.807, 2.05) is 6.07 Å². The molecule has 1 amide bonds. The van der Waals surface area contributed by atoms with Crippen molar-refractivity contribution in [1.29, 1.82) is 0 Å². The van der Waals surface area contributed by atoms with Gasteiger partial charge in [0.2, 0.25) is 5.91 Å². The van der Waals surface area contributed by atoms with Gasteiger partial charge < -0.3 is 19.4 Å². The van der Waals surface area contributed by atoms with Crippen LogP contribution in [0.3, 0.4) is 0 Å². The highest BCUT2D eigenvalue weighted by molar-refractivity contribution is 5.79. The van der Waals surface area contributed by atoms with Crippen molar-refractivity contribution in [2.24, 2.45) is 5.92 Å². The first-order valence-corrected chi connectivity index (χ1v) is 9.37. The Labute approximate surface area is 151 Å². The van der Waals surface area contributed by atoms with Crippen LogP contribution in [-0.2, 0) is 16.1 Å². The monoisotopic (exact) mass is 359 g/mol. The fourth-order valence-electron chi connectivity index (χ4n) is 3.93. The summed E-state index contributed by atoms with van der Waals surface area (Å²) in [5, 5.41) is 3.07. The fraction of sp³-hybridized carbons (Fsp3) is 0.579. The van der Waals surface area contributed by atoms with Crippen LogP contribution < -0.4 is 11.1 Å². The molecule has 0 radical (unpaired) electrons. The lowest BCUT2D eigenvalue weighted by atomic mass is 10.0. The third-order valence-corrected chi connectivity index (χ3v) is 5.37. The summed E-state index contributed by atoms with van der Waals surface area (Å²) in [5.74, 6) is 0.0265. The summed E-state index contributed by atoms with van der Waals surface area (Å²) < 4.78 is 12.0. The maximum atomic E-state index is 12.4. The minimum absolute atomic E-state index is 0.00449. The van der Waals surface area contributed by atoms with Gasteiger partial charge in [-0.2, -0.15) is 0 Å². The lowest BCUT2D eigenvalue weighted by Gasteiger charge is -2.33. The molecule has 2 aliphatic rings. The molecule has 3 heterocycles. The molecule has 1 unspecified atom stereocenters. The van der Waals surface area contributed by atoms with Crippen molar-refractivity contribution in [3.8, 4) is 0 Å². The third-order valence-electron chi connectivity index (χ3n) is 5.37. The quantitative estimate of drug-likeness (QED) is 0.868. The van der Waals surface area contributed by atoms with Gasteiger partial charge in [-0.05, 0) is 37.3 Å². The number of nitrogens with zero attached hydrogens (tertiary/aromatic N) is 2. The molecule has 0 spiro atoms. The van der Waals surface area contributed by atoms with Gasteiger partial charge in [0.1, 0.15) is 6.54 Å². The van der Waals surface area contributed by atoms with Crippen LogP contribution in [0.2, 0.25) is 0 Å². The Morgan fingerprint density at radius 3 is 2.77 bits per heavy atom. The lowest BCUT2D eigenvalue weighted by Crippen LogP contribution is -2.46. The molecule has 1 atom stereocenters. The van der Waals surface area contributed by atoms with Gasteiger partial charge >= 0.3 is 5.76 Å². The van der Waals surface area contributed by atoms with Gasteiger partial charge in [-0.15, -0.1) is 0 Å². The molecule has 7 heteroatoms. The van der Waals surface area contributed by atoms with E-state index in [4.69, 9.17) is 9.15 Å². The van der Waals surface area contributed by atoms with E-state index in [-0.39, 0.29) is 18.5 Å². The zero-order chi connectivity index (χ0) is 17.9. The van der Waals surface area contributed by atoms with Gasteiger partial charge in [0.15, 0.2) is 5.58 Å². The Kier molecular flexibility index (Phi) is 5.08. The number of piperidine rings is 1. The zero-order valence-electron chi connectivity index (χ0n) is 14.9. The molecule has 2 saturated heterocycles. The highest BCUT2D eigenvalue weighted by Gasteiger charge is 2.25. The largest absolute Gasteiger partial charge is 0.420 e. The van der Waals surface area contributed by atoms with E-state index in [9.17, 15) is 9.59 Å². The number of carbonyl (C=O) groups is 1. The Bertz CT molecular complexity index is 814. The number of ether oxygens (including phenoxy) is 1. The predicted molar refractivity (Wildman–Crippen MR) is 97.0 cm³/mol. The Hall–Kier alpha value is -2.12. The first-order valence-electron chi connectivity index (χ1n) is 9.37. The number of carbonyl (C=O) groups excluding carboxylic acids is 1. The second-order valence-corrected chi connectivity index (χ2v) is 7.29. The zero-order valence-corrected chi connectivity index (χ0v) is 14.9. The van der Waals surface area contributed by atoms with Gasteiger partial charge in [0.05, 0.1) is 12.1 Å². The maximum absolute atomic E-state index is 12.4. The van der Waals surface area contributed by atoms with Crippen LogP contribution in [0.5, 0.6) is 0 Å². The van der Waals surface area contributed by atoms with Crippen molar-refractivity contribution in [1.82, 2.24) is 14.8 Å². The molecule has 2 aliphatic heterocycles. The molecule has 26 heavy (non-hydrogen) atoms. The minimum Gasteiger partial charge on any atom is -0.408 e. The second kappa shape index (κ2) is 7.63. The van der Waals surface area contributed by atoms with E-state index in [1.54, 1.807) is 18.2 Å². The van der Waals surface area contributed by atoms with Crippen LogP contribution in [0.15, 0.2) is 33.5 Å². The van der Waals surface area contributed by atoms with Gasteiger partial charge in [0.25, 0.3) is 0 Å². The van der Waals surface area contributed by atoms with Gasteiger partial charge in [0, 0.05) is 32.3 Å². The van der Waals surface area contributed by atoms with Crippen molar-refractivity contribution in [2.75, 3.05) is 32.8 Å². The molecule has 1 aromatic carbocycles. The summed E-state index contributed by atoms with van der Waals surface area (Å²) >= 11 is 0. The summed E-state index contributed by atoms with van der Waals surface area (Å²) in [7, 11) is 0. The fourth-order valence-corrected chi connectivity index (χ4v) is 3.93. The predicted octanol–water partition coefficient (Wildman–Crippen LogP) is 1.21. The van der Waals surface area contributed by atoms with Crippen molar-refractivity contribution in [3.05, 3.63) is 34.8 Å². The highest BCUT2D eigenvalue weighted by atomic mass is 16.5. The number of rotatable bonds is 5. The summed E-state index contributed by atoms with van der Waals surface area (Å²) in [6.45, 7) is 4.85. The number of likely N-dealkylation sites (tertiary alicyclic amines) is 1.